The van der Waals surface area contributed by atoms with Crippen molar-refractivity contribution in [2.45, 2.75) is 0 Å². The van der Waals surface area contributed by atoms with Crippen LogP contribution in [-0.2, 0) is 0 Å². The average molecular weight is 364 g/mol. The van der Waals surface area contributed by atoms with Crippen LogP contribution in [-0.4, -0.2) is 31.2 Å². The van der Waals surface area contributed by atoms with Crippen molar-refractivity contribution in [1.82, 2.24) is 0 Å². The lowest BCUT2D eigenvalue weighted by molar-refractivity contribution is -0.384. The van der Waals surface area contributed by atoms with Gasteiger partial charge in [0, 0.05) is 49.1 Å². The highest BCUT2D eigenvalue weighted by molar-refractivity contribution is 5.80. The Labute approximate surface area is 157 Å². The van der Waals surface area contributed by atoms with Gasteiger partial charge in [-0.1, -0.05) is 18.2 Å². The molecule has 0 radical (unpaired) electrons. The summed E-state index contributed by atoms with van der Waals surface area (Å²) in [6, 6.07) is 17.5. The first-order valence-corrected chi connectivity index (χ1v) is 8.34. The Hall–Kier alpha value is -3.54. The highest BCUT2D eigenvalue weighted by Gasteiger charge is 2.14. The molecule has 0 heterocycles. The van der Waals surface area contributed by atoms with Gasteiger partial charge in [0.05, 0.1) is 12.0 Å². The zero-order chi connectivity index (χ0) is 19.6. The summed E-state index contributed by atoms with van der Waals surface area (Å²) in [7, 11) is 5.34. The molecule has 0 fully saturated rings. The van der Waals surface area contributed by atoms with Gasteiger partial charge in [0.1, 0.15) is 11.5 Å². The van der Waals surface area contributed by atoms with Crippen LogP contribution in [0.3, 0.4) is 0 Å². The Balaban J connectivity index is 2.09. The molecule has 0 aromatic heterocycles. The highest BCUT2D eigenvalue weighted by atomic mass is 16.6. The first kappa shape index (κ1) is 18.3. The minimum absolute atomic E-state index is 0.00520. The maximum atomic E-state index is 11.1. The van der Waals surface area contributed by atoms with Crippen molar-refractivity contribution in [3.05, 3.63) is 70.8 Å². The summed E-state index contributed by atoms with van der Waals surface area (Å²) in [6.07, 6.45) is 0. The number of methoxy groups -OCH3 is 1. The number of anilines is 1. The van der Waals surface area contributed by atoms with Crippen molar-refractivity contribution in [1.29, 1.82) is 0 Å². The molecule has 6 heteroatoms. The molecule has 3 aromatic rings. The van der Waals surface area contributed by atoms with E-state index in [1.54, 1.807) is 12.1 Å². The normalized spacial score (nSPS) is 10.5. The Kier molecular flexibility index (Phi) is 4.98. The monoisotopic (exact) mass is 364 g/mol. The fourth-order valence-electron chi connectivity index (χ4n) is 2.93. The first-order chi connectivity index (χ1) is 12.9. The van der Waals surface area contributed by atoms with E-state index in [0.717, 1.165) is 16.8 Å². The van der Waals surface area contributed by atoms with E-state index in [-0.39, 0.29) is 11.4 Å². The van der Waals surface area contributed by atoms with Crippen LogP contribution in [0.2, 0.25) is 0 Å². The van der Waals surface area contributed by atoms with Crippen molar-refractivity contribution in [2.75, 3.05) is 26.1 Å². The first-order valence-electron chi connectivity index (χ1n) is 8.34. The van der Waals surface area contributed by atoms with Gasteiger partial charge in [0.25, 0.3) is 5.69 Å². The van der Waals surface area contributed by atoms with Gasteiger partial charge < -0.3 is 14.7 Å². The van der Waals surface area contributed by atoms with Crippen LogP contribution in [0.25, 0.3) is 22.3 Å². The number of hydrogen-bond donors (Lipinski definition) is 1. The summed E-state index contributed by atoms with van der Waals surface area (Å²) in [6.45, 7) is 0. The zero-order valence-corrected chi connectivity index (χ0v) is 15.3. The van der Waals surface area contributed by atoms with Crippen molar-refractivity contribution in [2.24, 2.45) is 0 Å². The predicted molar refractivity (Wildman–Crippen MR) is 107 cm³/mol. The van der Waals surface area contributed by atoms with Crippen LogP contribution < -0.4 is 9.64 Å². The highest BCUT2D eigenvalue weighted by Crippen LogP contribution is 2.37. The lowest BCUT2D eigenvalue weighted by Crippen LogP contribution is -2.08. The SMILES string of the molecule is COc1ccc([N+](=O)[O-])cc1-c1cccc(-c2ccc(N(C)C)cc2O)c1. The van der Waals surface area contributed by atoms with Gasteiger partial charge in [-0.2, -0.15) is 0 Å². The van der Waals surface area contributed by atoms with Gasteiger partial charge in [-0.3, -0.25) is 10.1 Å². The lowest BCUT2D eigenvalue weighted by Gasteiger charge is -2.15. The van der Waals surface area contributed by atoms with E-state index < -0.39 is 4.92 Å². The Morgan fingerprint density at radius 2 is 1.67 bits per heavy atom. The molecular weight excluding hydrogens is 344 g/mol. The van der Waals surface area contributed by atoms with Gasteiger partial charge in [0.15, 0.2) is 0 Å². The number of non-ortho nitro benzene ring substituents is 1. The van der Waals surface area contributed by atoms with Gasteiger partial charge >= 0.3 is 0 Å². The summed E-state index contributed by atoms with van der Waals surface area (Å²) in [5.74, 6) is 0.717. The summed E-state index contributed by atoms with van der Waals surface area (Å²) >= 11 is 0. The van der Waals surface area contributed by atoms with Crippen LogP contribution in [0.4, 0.5) is 11.4 Å². The van der Waals surface area contributed by atoms with Crippen molar-refractivity contribution in [3.8, 4) is 33.8 Å². The molecule has 0 saturated heterocycles. The van der Waals surface area contributed by atoms with Gasteiger partial charge in [-0.05, 0) is 35.4 Å². The second kappa shape index (κ2) is 7.37. The Morgan fingerprint density at radius 1 is 0.963 bits per heavy atom. The number of hydrogen-bond acceptors (Lipinski definition) is 5. The summed E-state index contributed by atoms with van der Waals surface area (Å²) in [5, 5.41) is 21.6. The van der Waals surface area contributed by atoms with Gasteiger partial charge in [-0.15, -0.1) is 0 Å². The molecule has 0 unspecified atom stereocenters. The molecule has 3 aromatic carbocycles. The van der Waals surface area contributed by atoms with E-state index in [2.05, 4.69) is 0 Å². The fraction of sp³-hybridized carbons (Fsp3) is 0.143. The largest absolute Gasteiger partial charge is 0.507 e. The molecule has 0 bridgehead atoms. The van der Waals surface area contributed by atoms with Crippen LogP contribution >= 0.6 is 0 Å². The molecule has 0 atom stereocenters. The number of rotatable bonds is 5. The zero-order valence-electron chi connectivity index (χ0n) is 15.3. The summed E-state index contributed by atoms with van der Waals surface area (Å²) in [4.78, 5) is 12.6. The van der Waals surface area contributed by atoms with E-state index in [0.29, 0.717) is 16.9 Å². The number of aromatic hydroxyl groups is 1. The second-order valence-corrected chi connectivity index (χ2v) is 6.32. The smallest absolute Gasteiger partial charge is 0.270 e. The molecule has 27 heavy (non-hydrogen) atoms. The van der Waals surface area contributed by atoms with Crippen molar-refractivity contribution in [3.63, 3.8) is 0 Å². The number of nitro benzene ring substituents is 1. The maximum absolute atomic E-state index is 11.1. The van der Waals surface area contributed by atoms with E-state index in [9.17, 15) is 15.2 Å². The number of nitro groups is 1. The molecule has 1 N–H and O–H groups in total. The third kappa shape index (κ3) is 3.69. The number of benzene rings is 3. The Morgan fingerprint density at radius 3 is 2.26 bits per heavy atom. The van der Waals surface area contributed by atoms with Crippen LogP contribution in [0.5, 0.6) is 11.5 Å². The van der Waals surface area contributed by atoms with E-state index in [1.807, 2.05) is 55.4 Å². The third-order valence-electron chi connectivity index (χ3n) is 4.38. The molecule has 0 aliphatic heterocycles. The van der Waals surface area contributed by atoms with E-state index in [4.69, 9.17) is 4.74 Å². The number of phenolic OH excluding ortho intramolecular Hbond substituents is 1. The van der Waals surface area contributed by atoms with Crippen molar-refractivity contribution < 1.29 is 14.8 Å². The predicted octanol–water partition coefficient (Wildman–Crippen LogP) is 4.71. The molecule has 3 rings (SSSR count). The summed E-state index contributed by atoms with van der Waals surface area (Å²) < 4.78 is 5.37. The topological polar surface area (TPSA) is 75.8 Å². The molecule has 0 aliphatic rings. The third-order valence-corrected chi connectivity index (χ3v) is 4.38. The van der Waals surface area contributed by atoms with E-state index >= 15 is 0 Å². The number of phenols is 1. The fourth-order valence-corrected chi connectivity index (χ4v) is 2.93. The standard InChI is InChI=1S/C21H20N2O4/c1-22(2)16-7-9-18(20(24)13-16)14-5-4-6-15(11-14)19-12-17(23(25)26)8-10-21(19)27-3/h4-13,24H,1-3H3. The average Bonchev–Trinajstić information content (AvgIpc) is 2.67. The molecule has 0 amide bonds. The van der Waals surface area contributed by atoms with E-state index in [1.165, 1.54) is 19.2 Å². The maximum Gasteiger partial charge on any atom is 0.270 e. The molecule has 6 nitrogen and oxygen atoms in total. The quantitative estimate of drug-likeness (QED) is 0.524. The minimum atomic E-state index is -0.432. The van der Waals surface area contributed by atoms with Crippen LogP contribution in [0.15, 0.2) is 60.7 Å². The molecule has 0 saturated carbocycles. The van der Waals surface area contributed by atoms with Gasteiger partial charge in [-0.25, -0.2) is 0 Å². The summed E-state index contributed by atoms with van der Waals surface area (Å²) in [5.41, 5.74) is 3.78. The molecule has 0 spiro atoms. The van der Waals surface area contributed by atoms with Crippen LogP contribution in [0.1, 0.15) is 0 Å². The molecule has 0 aliphatic carbocycles. The van der Waals surface area contributed by atoms with Crippen molar-refractivity contribution >= 4 is 11.4 Å². The molecular formula is C21H20N2O4. The van der Waals surface area contributed by atoms with Crippen LogP contribution in [0, 0.1) is 10.1 Å². The lowest BCUT2D eigenvalue weighted by atomic mass is 9.97. The number of nitrogens with zero attached hydrogens (tertiary/aromatic N) is 2. The minimum Gasteiger partial charge on any atom is -0.507 e. The Bertz CT molecular complexity index is 999. The second-order valence-electron chi connectivity index (χ2n) is 6.32. The number of ether oxygens (including phenoxy) is 1. The van der Waals surface area contributed by atoms with Gasteiger partial charge in [0.2, 0.25) is 0 Å². The molecule has 138 valence electrons.